The van der Waals surface area contributed by atoms with Crippen molar-refractivity contribution < 1.29 is 5.11 Å². The fourth-order valence-corrected chi connectivity index (χ4v) is 2.13. The van der Waals surface area contributed by atoms with E-state index in [0.29, 0.717) is 6.04 Å². The van der Waals surface area contributed by atoms with E-state index in [1.165, 1.54) is 24.0 Å². The summed E-state index contributed by atoms with van der Waals surface area (Å²) >= 11 is 0. The van der Waals surface area contributed by atoms with Crippen molar-refractivity contribution in [3.63, 3.8) is 0 Å². The van der Waals surface area contributed by atoms with Gasteiger partial charge in [-0.05, 0) is 31.7 Å². The van der Waals surface area contributed by atoms with E-state index in [2.05, 4.69) is 43.4 Å². The highest BCUT2D eigenvalue weighted by atomic mass is 16.3. The van der Waals surface area contributed by atoms with Gasteiger partial charge in [0.1, 0.15) is 0 Å². The zero-order valence-electron chi connectivity index (χ0n) is 10.2. The van der Waals surface area contributed by atoms with Crippen molar-refractivity contribution in [3.05, 3.63) is 35.4 Å². The third-order valence-electron chi connectivity index (χ3n) is 3.54. The highest BCUT2D eigenvalue weighted by Crippen LogP contribution is 2.31. The summed E-state index contributed by atoms with van der Waals surface area (Å²) in [5, 5.41) is 13.3. The Morgan fingerprint density at radius 1 is 1.31 bits per heavy atom. The maximum absolute atomic E-state index is 9.71. The third-order valence-corrected chi connectivity index (χ3v) is 3.54. The lowest BCUT2D eigenvalue weighted by Crippen LogP contribution is -2.46. The van der Waals surface area contributed by atoms with Crippen molar-refractivity contribution in [2.45, 2.75) is 44.7 Å². The molecule has 0 amide bonds. The van der Waals surface area contributed by atoms with Gasteiger partial charge in [-0.25, -0.2) is 0 Å². The van der Waals surface area contributed by atoms with Gasteiger partial charge in [-0.1, -0.05) is 36.8 Å². The van der Waals surface area contributed by atoms with Gasteiger partial charge in [0, 0.05) is 6.04 Å². The van der Waals surface area contributed by atoms with E-state index in [4.69, 9.17) is 0 Å². The number of aryl methyl sites for hydroxylation is 1. The summed E-state index contributed by atoms with van der Waals surface area (Å²) < 4.78 is 0. The standard InChI is InChI=1S/C14H21NO/c1-3-14(10-16,15-13-8-9-13)12-6-4-11(2)5-7-12/h4-7,13,15-16H,3,8-10H2,1-2H3. The lowest BCUT2D eigenvalue weighted by atomic mass is 9.87. The Balaban J connectivity index is 2.25. The van der Waals surface area contributed by atoms with Gasteiger partial charge in [0.05, 0.1) is 12.1 Å². The van der Waals surface area contributed by atoms with Crippen LogP contribution in [0.3, 0.4) is 0 Å². The Labute approximate surface area is 97.7 Å². The van der Waals surface area contributed by atoms with Crippen molar-refractivity contribution in [1.29, 1.82) is 0 Å². The van der Waals surface area contributed by atoms with Crippen LogP contribution in [0.4, 0.5) is 0 Å². The molecule has 1 fully saturated rings. The van der Waals surface area contributed by atoms with Crippen LogP contribution in [-0.2, 0) is 5.54 Å². The van der Waals surface area contributed by atoms with Crippen LogP contribution in [0.1, 0.15) is 37.3 Å². The molecule has 2 N–H and O–H groups in total. The average molecular weight is 219 g/mol. The van der Waals surface area contributed by atoms with Gasteiger partial charge < -0.3 is 10.4 Å². The monoisotopic (exact) mass is 219 g/mol. The van der Waals surface area contributed by atoms with E-state index in [0.717, 1.165) is 6.42 Å². The number of rotatable bonds is 5. The van der Waals surface area contributed by atoms with Gasteiger partial charge in [0.2, 0.25) is 0 Å². The SMILES string of the molecule is CCC(CO)(NC1CC1)c1ccc(C)cc1. The minimum Gasteiger partial charge on any atom is -0.394 e. The fourth-order valence-electron chi connectivity index (χ4n) is 2.13. The summed E-state index contributed by atoms with van der Waals surface area (Å²) in [5.41, 5.74) is 2.22. The molecule has 1 saturated carbocycles. The minimum absolute atomic E-state index is 0.170. The topological polar surface area (TPSA) is 32.3 Å². The second-order valence-corrected chi connectivity index (χ2v) is 4.88. The minimum atomic E-state index is -0.241. The number of benzene rings is 1. The maximum atomic E-state index is 9.71. The molecule has 1 aliphatic rings. The summed E-state index contributed by atoms with van der Waals surface area (Å²) in [7, 11) is 0. The molecule has 0 bridgehead atoms. The first-order valence-electron chi connectivity index (χ1n) is 6.16. The van der Waals surface area contributed by atoms with Crippen molar-refractivity contribution in [2.75, 3.05) is 6.61 Å². The van der Waals surface area contributed by atoms with Crippen LogP contribution in [0, 0.1) is 6.92 Å². The fraction of sp³-hybridized carbons (Fsp3) is 0.571. The summed E-state index contributed by atoms with van der Waals surface area (Å²) in [6.45, 7) is 4.39. The smallest absolute Gasteiger partial charge is 0.0668 e. The molecule has 16 heavy (non-hydrogen) atoms. The van der Waals surface area contributed by atoms with Crippen LogP contribution in [0.5, 0.6) is 0 Å². The number of hydrogen-bond donors (Lipinski definition) is 2. The maximum Gasteiger partial charge on any atom is 0.0668 e. The van der Waals surface area contributed by atoms with Gasteiger partial charge >= 0.3 is 0 Å². The van der Waals surface area contributed by atoms with E-state index in [1.54, 1.807) is 0 Å². The molecule has 0 heterocycles. The molecule has 2 rings (SSSR count). The molecular weight excluding hydrogens is 198 g/mol. The van der Waals surface area contributed by atoms with Crippen LogP contribution < -0.4 is 5.32 Å². The lowest BCUT2D eigenvalue weighted by molar-refractivity contribution is 0.153. The highest BCUT2D eigenvalue weighted by Gasteiger charge is 2.35. The Kier molecular flexibility index (Phi) is 3.31. The first kappa shape index (κ1) is 11.6. The van der Waals surface area contributed by atoms with Crippen molar-refractivity contribution in [1.82, 2.24) is 5.32 Å². The zero-order chi connectivity index (χ0) is 11.6. The van der Waals surface area contributed by atoms with Crippen molar-refractivity contribution >= 4 is 0 Å². The third kappa shape index (κ3) is 2.28. The molecule has 0 saturated heterocycles. The van der Waals surface area contributed by atoms with E-state index in [9.17, 15) is 5.11 Å². The van der Waals surface area contributed by atoms with Gasteiger partial charge in [0.15, 0.2) is 0 Å². The number of nitrogens with one attached hydrogen (secondary N) is 1. The molecule has 1 aromatic carbocycles. The van der Waals surface area contributed by atoms with E-state index >= 15 is 0 Å². The Hall–Kier alpha value is -0.860. The van der Waals surface area contributed by atoms with E-state index < -0.39 is 0 Å². The summed E-state index contributed by atoms with van der Waals surface area (Å²) in [5.74, 6) is 0. The van der Waals surface area contributed by atoms with Crippen LogP contribution in [0.15, 0.2) is 24.3 Å². The quantitative estimate of drug-likeness (QED) is 0.796. The number of hydrogen-bond acceptors (Lipinski definition) is 2. The summed E-state index contributed by atoms with van der Waals surface area (Å²) in [6, 6.07) is 9.09. The van der Waals surface area contributed by atoms with Gasteiger partial charge in [-0.15, -0.1) is 0 Å². The first-order valence-corrected chi connectivity index (χ1v) is 6.16. The van der Waals surface area contributed by atoms with Crippen LogP contribution in [0.2, 0.25) is 0 Å². The van der Waals surface area contributed by atoms with Gasteiger partial charge in [-0.3, -0.25) is 0 Å². The molecule has 0 spiro atoms. The first-order chi connectivity index (χ1) is 7.70. The second-order valence-electron chi connectivity index (χ2n) is 4.88. The van der Waals surface area contributed by atoms with Crippen molar-refractivity contribution in [3.8, 4) is 0 Å². The van der Waals surface area contributed by atoms with Crippen LogP contribution in [-0.4, -0.2) is 17.8 Å². The Morgan fingerprint density at radius 2 is 1.94 bits per heavy atom. The average Bonchev–Trinajstić information content (AvgIpc) is 3.11. The zero-order valence-corrected chi connectivity index (χ0v) is 10.2. The molecule has 2 nitrogen and oxygen atoms in total. The normalized spacial score (nSPS) is 19.4. The van der Waals surface area contributed by atoms with E-state index in [-0.39, 0.29) is 12.1 Å². The molecular formula is C14H21NO. The van der Waals surface area contributed by atoms with Crippen LogP contribution in [0.25, 0.3) is 0 Å². The largest absolute Gasteiger partial charge is 0.394 e. The molecule has 1 atom stereocenters. The molecule has 2 heteroatoms. The van der Waals surface area contributed by atoms with Crippen molar-refractivity contribution in [2.24, 2.45) is 0 Å². The second kappa shape index (κ2) is 4.56. The van der Waals surface area contributed by atoms with Gasteiger partial charge in [-0.2, -0.15) is 0 Å². The molecule has 1 unspecified atom stereocenters. The lowest BCUT2D eigenvalue weighted by Gasteiger charge is -2.33. The molecule has 1 aliphatic carbocycles. The number of aliphatic hydroxyl groups is 1. The molecule has 1 aromatic rings. The molecule has 88 valence electrons. The summed E-state index contributed by atoms with van der Waals surface area (Å²) in [6.07, 6.45) is 3.41. The molecule has 0 aliphatic heterocycles. The Bertz CT molecular complexity index is 336. The molecule has 0 radical (unpaired) electrons. The number of aliphatic hydroxyl groups excluding tert-OH is 1. The summed E-state index contributed by atoms with van der Waals surface area (Å²) in [4.78, 5) is 0. The predicted octanol–water partition coefficient (Wildman–Crippen LogP) is 2.34. The molecule has 0 aromatic heterocycles. The van der Waals surface area contributed by atoms with E-state index in [1.807, 2.05) is 0 Å². The Morgan fingerprint density at radius 3 is 2.38 bits per heavy atom. The predicted molar refractivity (Wildman–Crippen MR) is 66.4 cm³/mol. The van der Waals surface area contributed by atoms with Crippen LogP contribution >= 0.6 is 0 Å². The van der Waals surface area contributed by atoms with Gasteiger partial charge in [0.25, 0.3) is 0 Å². The highest BCUT2D eigenvalue weighted by molar-refractivity contribution is 5.28.